The smallest absolute Gasteiger partial charge is 0.393 e. The van der Waals surface area contributed by atoms with Crippen LogP contribution in [0.3, 0.4) is 0 Å². The van der Waals surface area contributed by atoms with Crippen molar-refractivity contribution in [1.29, 1.82) is 0 Å². The molecule has 1 fully saturated rings. The van der Waals surface area contributed by atoms with Crippen molar-refractivity contribution in [1.82, 2.24) is 10.3 Å². The maximum Gasteiger partial charge on any atom is 0.393 e. The molecular formula is C14H17F3N2O2. The Balaban J connectivity index is 2.05. The Hall–Kier alpha value is -1.79. The molecule has 1 N–H and O–H groups in total. The van der Waals surface area contributed by atoms with Gasteiger partial charge in [-0.15, -0.1) is 0 Å². The minimum atomic E-state index is -4.28. The highest BCUT2D eigenvalue weighted by Crippen LogP contribution is 2.37. The van der Waals surface area contributed by atoms with Gasteiger partial charge in [0.15, 0.2) is 0 Å². The molecule has 7 heteroatoms. The van der Waals surface area contributed by atoms with Crippen molar-refractivity contribution < 1.29 is 22.7 Å². The molecule has 0 radical (unpaired) electrons. The van der Waals surface area contributed by atoms with Crippen molar-refractivity contribution in [3.05, 3.63) is 23.9 Å². The van der Waals surface area contributed by atoms with Crippen LogP contribution in [0.4, 0.5) is 13.2 Å². The topological polar surface area (TPSA) is 51.2 Å². The Morgan fingerprint density at radius 3 is 2.62 bits per heavy atom. The molecular weight excluding hydrogens is 285 g/mol. The van der Waals surface area contributed by atoms with Crippen LogP contribution in [0.15, 0.2) is 18.3 Å². The molecule has 4 nitrogen and oxygen atoms in total. The van der Waals surface area contributed by atoms with Crippen LogP contribution in [0, 0.1) is 5.92 Å². The summed E-state index contributed by atoms with van der Waals surface area (Å²) in [6.45, 7) is 0. The number of pyridine rings is 1. The third kappa shape index (κ3) is 3.86. The van der Waals surface area contributed by atoms with E-state index in [1.54, 1.807) is 0 Å². The molecule has 2 rings (SSSR count). The van der Waals surface area contributed by atoms with E-state index in [4.69, 9.17) is 4.74 Å². The van der Waals surface area contributed by atoms with Crippen LogP contribution in [-0.2, 0) is 0 Å². The minimum absolute atomic E-state index is 0.0648. The van der Waals surface area contributed by atoms with E-state index in [0.717, 1.165) is 0 Å². The van der Waals surface area contributed by atoms with E-state index in [2.05, 4.69) is 10.3 Å². The summed E-state index contributed by atoms with van der Waals surface area (Å²) in [5, 5.41) is 2.49. The monoisotopic (exact) mass is 302 g/mol. The molecule has 1 aromatic heterocycles. The van der Waals surface area contributed by atoms with Gasteiger partial charge >= 0.3 is 6.18 Å². The summed E-state index contributed by atoms with van der Waals surface area (Å²) in [4.78, 5) is 15.9. The zero-order valence-electron chi connectivity index (χ0n) is 11.6. The van der Waals surface area contributed by atoms with Gasteiger partial charge in [-0.1, -0.05) is 12.8 Å². The highest BCUT2D eigenvalue weighted by molar-refractivity contribution is 5.94. The predicted octanol–water partition coefficient (Wildman–Crippen LogP) is 2.94. The number of halogens is 3. The molecule has 1 aliphatic carbocycles. The zero-order chi connectivity index (χ0) is 15.5. The fraction of sp³-hybridized carbons (Fsp3) is 0.571. The van der Waals surface area contributed by atoms with Crippen LogP contribution in [0.25, 0.3) is 0 Å². The average molecular weight is 302 g/mol. The SMILES string of the molecule is COc1ccc(C(=O)N[C@@H]2CCCC[C@H]2C(F)(F)F)cn1. The summed E-state index contributed by atoms with van der Waals surface area (Å²) in [5.41, 5.74) is 0.224. The standard InChI is InChI=1S/C14H17F3N2O2/c1-21-12-7-6-9(8-18-12)13(20)19-11-5-3-2-4-10(11)14(15,16)17/h6-8,10-11H,2-5H2,1H3,(H,19,20)/t10-,11-/m1/s1. The number of hydrogen-bond donors (Lipinski definition) is 1. The van der Waals surface area contributed by atoms with Crippen molar-refractivity contribution in [3.63, 3.8) is 0 Å². The Morgan fingerprint density at radius 2 is 2.05 bits per heavy atom. The summed E-state index contributed by atoms with van der Waals surface area (Å²) in [6.07, 6.45) is -1.34. The lowest BCUT2D eigenvalue weighted by Gasteiger charge is -2.33. The van der Waals surface area contributed by atoms with Crippen LogP contribution < -0.4 is 10.1 Å². The molecule has 2 atom stereocenters. The molecule has 1 amide bonds. The Labute approximate surface area is 120 Å². The summed E-state index contributed by atoms with van der Waals surface area (Å²) in [6, 6.07) is 2.11. The molecule has 1 heterocycles. The van der Waals surface area contributed by atoms with Gasteiger partial charge in [0.25, 0.3) is 5.91 Å². The predicted molar refractivity (Wildman–Crippen MR) is 70.1 cm³/mol. The number of methoxy groups -OCH3 is 1. The molecule has 0 aromatic carbocycles. The van der Waals surface area contributed by atoms with E-state index in [9.17, 15) is 18.0 Å². The van der Waals surface area contributed by atoms with Crippen LogP contribution in [0.2, 0.25) is 0 Å². The first-order chi connectivity index (χ1) is 9.91. The van der Waals surface area contributed by atoms with Crippen molar-refractivity contribution in [2.45, 2.75) is 37.9 Å². The van der Waals surface area contributed by atoms with Crippen LogP contribution in [0.5, 0.6) is 5.88 Å². The van der Waals surface area contributed by atoms with Crippen molar-refractivity contribution in [2.24, 2.45) is 5.92 Å². The number of hydrogen-bond acceptors (Lipinski definition) is 3. The second-order valence-corrected chi connectivity index (χ2v) is 5.10. The Morgan fingerprint density at radius 1 is 1.33 bits per heavy atom. The lowest BCUT2D eigenvalue weighted by atomic mass is 9.84. The summed E-state index contributed by atoms with van der Waals surface area (Å²) in [5.74, 6) is -1.66. The quantitative estimate of drug-likeness (QED) is 0.934. The molecule has 116 valence electrons. The van der Waals surface area contributed by atoms with Crippen LogP contribution in [-0.4, -0.2) is 30.2 Å². The first kappa shape index (κ1) is 15.6. The first-order valence-electron chi connectivity index (χ1n) is 6.79. The van der Waals surface area contributed by atoms with Gasteiger partial charge in [0.2, 0.25) is 5.88 Å². The largest absolute Gasteiger partial charge is 0.481 e. The van der Waals surface area contributed by atoms with E-state index in [0.29, 0.717) is 25.1 Å². The normalized spacial score (nSPS) is 22.7. The van der Waals surface area contributed by atoms with E-state index in [1.807, 2.05) is 0 Å². The number of rotatable bonds is 3. The van der Waals surface area contributed by atoms with Crippen molar-refractivity contribution >= 4 is 5.91 Å². The summed E-state index contributed by atoms with van der Waals surface area (Å²) in [7, 11) is 1.44. The number of carbonyl (C=O) groups is 1. The van der Waals surface area contributed by atoms with Gasteiger partial charge < -0.3 is 10.1 Å². The maximum atomic E-state index is 13.0. The average Bonchev–Trinajstić information content (AvgIpc) is 2.47. The molecule has 0 bridgehead atoms. The van der Waals surface area contributed by atoms with E-state index in [1.165, 1.54) is 25.4 Å². The summed E-state index contributed by atoms with van der Waals surface area (Å²) < 4.78 is 43.8. The van der Waals surface area contributed by atoms with Crippen molar-refractivity contribution in [2.75, 3.05) is 7.11 Å². The number of nitrogens with zero attached hydrogens (tertiary/aromatic N) is 1. The van der Waals surface area contributed by atoms with E-state index in [-0.39, 0.29) is 12.0 Å². The number of ether oxygens (including phenoxy) is 1. The van der Waals surface area contributed by atoms with Gasteiger partial charge in [-0.2, -0.15) is 13.2 Å². The second kappa shape index (κ2) is 6.32. The molecule has 0 aliphatic heterocycles. The fourth-order valence-corrected chi connectivity index (χ4v) is 2.58. The third-order valence-electron chi connectivity index (χ3n) is 3.71. The number of carbonyl (C=O) groups excluding carboxylic acids is 1. The number of amides is 1. The zero-order valence-corrected chi connectivity index (χ0v) is 11.6. The molecule has 1 saturated carbocycles. The lowest BCUT2D eigenvalue weighted by molar-refractivity contribution is -0.187. The molecule has 0 spiro atoms. The Bertz CT molecular complexity index is 488. The highest BCUT2D eigenvalue weighted by Gasteiger charge is 2.45. The van der Waals surface area contributed by atoms with Crippen LogP contribution >= 0.6 is 0 Å². The Kier molecular flexibility index (Phi) is 4.69. The number of alkyl halides is 3. The van der Waals surface area contributed by atoms with Gasteiger partial charge in [0.05, 0.1) is 18.6 Å². The van der Waals surface area contributed by atoms with Crippen LogP contribution in [0.1, 0.15) is 36.0 Å². The number of nitrogens with one attached hydrogen (secondary N) is 1. The van der Waals surface area contributed by atoms with Gasteiger partial charge in [-0.25, -0.2) is 4.98 Å². The molecule has 0 unspecified atom stereocenters. The van der Waals surface area contributed by atoms with E-state index >= 15 is 0 Å². The third-order valence-corrected chi connectivity index (χ3v) is 3.71. The fourth-order valence-electron chi connectivity index (χ4n) is 2.58. The minimum Gasteiger partial charge on any atom is -0.481 e. The highest BCUT2D eigenvalue weighted by atomic mass is 19.4. The van der Waals surface area contributed by atoms with Gasteiger partial charge in [-0.3, -0.25) is 4.79 Å². The van der Waals surface area contributed by atoms with E-state index < -0.39 is 24.0 Å². The molecule has 1 aliphatic rings. The maximum absolute atomic E-state index is 13.0. The van der Waals surface area contributed by atoms with Gasteiger partial charge in [-0.05, 0) is 18.9 Å². The lowest BCUT2D eigenvalue weighted by Crippen LogP contribution is -2.47. The number of aromatic nitrogens is 1. The second-order valence-electron chi connectivity index (χ2n) is 5.10. The van der Waals surface area contributed by atoms with Gasteiger partial charge in [0, 0.05) is 18.3 Å². The summed E-state index contributed by atoms with van der Waals surface area (Å²) >= 11 is 0. The van der Waals surface area contributed by atoms with Gasteiger partial charge in [0.1, 0.15) is 0 Å². The molecule has 0 saturated heterocycles. The first-order valence-corrected chi connectivity index (χ1v) is 6.79. The molecule has 21 heavy (non-hydrogen) atoms. The van der Waals surface area contributed by atoms with Crippen molar-refractivity contribution in [3.8, 4) is 5.88 Å². The molecule has 1 aromatic rings.